The molecular weight excluding hydrogens is 202 g/mol. The van der Waals surface area contributed by atoms with E-state index >= 15 is 0 Å². The van der Waals surface area contributed by atoms with Crippen LogP contribution in [0.2, 0.25) is 0 Å². The Morgan fingerprint density at radius 2 is 2.31 bits per heavy atom. The lowest BCUT2D eigenvalue weighted by Crippen LogP contribution is -2.38. The Kier molecular flexibility index (Phi) is 2.74. The minimum absolute atomic E-state index is 0.151. The van der Waals surface area contributed by atoms with E-state index in [2.05, 4.69) is 10.4 Å². The van der Waals surface area contributed by atoms with Gasteiger partial charge in [-0.25, -0.2) is 0 Å². The van der Waals surface area contributed by atoms with Crippen molar-refractivity contribution in [2.75, 3.05) is 0 Å². The number of carbonyl (C=O) groups excluding carboxylic acids is 1. The summed E-state index contributed by atoms with van der Waals surface area (Å²) in [6, 6.07) is 0.200. The van der Waals surface area contributed by atoms with Gasteiger partial charge in [-0.15, -0.1) is 0 Å². The minimum Gasteiger partial charge on any atom is -0.353 e. The van der Waals surface area contributed by atoms with Gasteiger partial charge in [-0.3, -0.25) is 9.48 Å². The number of hydrogen-bond donors (Lipinski definition) is 1. The van der Waals surface area contributed by atoms with Gasteiger partial charge in [0.05, 0.1) is 11.6 Å². The number of rotatable bonds is 4. The summed E-state index contributed by atoms with van der Waals surface area (Å²) in [5.41, 5.74) is 0.782. The summed E-state index contributed by atoms with van der Waals surface area (Å²) < 4.78 is 1.87. The first kappa shape index (κ1) is 11.2. The Morgan fingerprint density at radius 1 is 1.62 bits per heavy atom. The van der Waals surface area contributed by atoms with Gasteiger partial charge in [0.1, 0.15) is 0 Å². The first-order valence-corrected chi connectivity index (χ1v) is 5.92. The predicted octanol–water partition coefficient (Wildman–Crippen LogP) is 1.46. The lowest BCUT2D eigenvalue weighted by atomic mass is 9.98. The summed E-state index contributed by atoms with van der Waals surface area (Å²) in [5, 5.41) is 7.23. The Balaban J connectivity index is 2.16. The van der Waals surface area contributed by atoms with E-state index in [-0.39, 0.29) is 17.4 Å². The van der Waals surface area contributed by atoms with Gasteiger partial charge in [0.25, 0.3) is 0 Å². The highest BCUT2D eigenvalue weighted by Crippen LogP contribution is 2.48. The second-order valence-corrected chi connectivity index (χ2v) is 4.79. The fourth-order valence-corrected chi connectivity index (χ4v) is 1.96. The fraction of sp³-hybridized carbons (Fsp3) is 0.667. The van der Waals surface area contributed by atoms with Crippen LogP contribution in [0.4, 0.5) is 0 Å². The lowest BCUT2D eigenvalue weighted by molar-refractivity contribution is -0.124. The maximum absolute atomic E-state index is 12.1. The van der Waals surface area contributed by atoms with E-state index in [1.165, 1.54) is 0 Å². The molecule has 1 aliphatic rings. The molecule has 4 nitrogen and oxygen atoms in total. The van der Waals surface area contributed by atoms with E-state index < -0.39 is 0 Å². The third-order valence-corrected chi connectivity index (χ3v) is 3.11. The first-order valence-electron chi connectivity index (χ1n) is 5.92. The van der Waals surface area contributed by atoms with Crippen molar-refractivity contribution < 1.29 is 4.79 Å². The van der Waals surface area contributed by atoms with Crippen LogP contribution in [0.25, 0.3) is 0 Å². The highest BCUT2D eigenvalue weighted by molar-refractivity contribution is 5.91. The van der Waals surface area contributed by atoms with Crippen molar-refractivity contribution in [3.8, 4) is 0 Å². The Labute approximate surface area is 96.0 Å². The summed E-state index contributed by atoms with van der Waals surface area (Å²) in [6.07, 6.45) is 5.71. The molecule has 0 atom stereocenters. The molecule has 0 spiro atoms. The van der Waals surface area contributed by atoms with Crippen LogP contribution in [0.3, 0.4) is 0 Å². The van der Waals surface area contributed by atoms with Crippen LogP contribution in [-0.4, -0.2) is 21.7 Å². The van der Waals surface area contributed by atoms with Crippen LogP contribution in [0.15, 0.2) is 12.4 Å². The first-order chi connectivity index (χ1) is 7.58. The number of nitrogens with one attached hydrogen (secondary N) is 1. The number of aryl methyl sites for hydroxylation is 1. The van der Waals surface area contributed by atoms with Crippen molar-refractivity contribution in [3.63, 3.8) is 0 Å². The van der Waals surface area contributed by atoms with E-state index in [1.807, 2.05) is 37.8 Å². The van der Waals surface area contributed by atoms with Gasteiger partial charge < -0.3 is 5.32 Å². The van der Waals surface area contributed by atoms with Crippen molar-refractivity contribution in [3.05, 3.63) is 18.0 Å². The SMILES string of the molecule is CCn1cc(C2(C(=O)NC(C)C)CC2)cn1. The smallest absolute Gasteiger partial charge is 0.230 e. The van der Waals surface area contributed by atoms with Gasteiger partial charge in [0.15, 0.2) is 0 Å². The second kappa shape index (κ2) is 3.92. The highest BCUT2D eigenvalue weighted by atomic mass is 16.2. The van der Waals surface area contributed by atoms with Crippen molar-refractivity contribution in [2.45, 2.75) is 51.6 Å². The number of carbonyl (C=O) groups is 1. The highest BCUT2D eigenvalue weighted by Gasteiger charge is 2.52. The average molecular weight is 221 g/mol. The molecule has 0 saturated heterocycles. The molecule has 4 heteroatoms. The van der Waals surface area contributed by atoms with Gasteiger partial charge in [0, 0.05) is 24.3 Å². The van der Waals surface area contributed by atoms with Crippen LogP contribution in [0.1, 0.15) is 39.2 Å². The molecule has 1 aromatic rings. The van der Waals surface area contributed by atoms with E-state index in [0.717, 1.165) is 24.9 Å². The van der Waals surface area contributed by atoms with Crippen LogP contribution in [0.5, 0.6) is 0 Å². The molecule has 0 aliphatic heterocycles. The molecule has 1 aromatic heterocycles. The van der Waals surface area contributed by atoms with Crippen LogP contribution < -0.4 is 5.32 Å². The average Bonchev–Trinajstić information content (AvgIpc) is 2.90. The Bertz CT molecular complexity index is 391. The van der Waals surface area contributed by atoms with Crippen molar-refractivity contribution >= 4 is 5.91 Å². The predicted molar refractivity (Wildman–Crippen MR) is 62.1 cm³/mol. The molecule has 2 rings (SSSR count). The van der Waals surface area contributed by atoms with Gasteiger partial charge >= 0.3 is 0 Å². The monoisotopic (exact) mass is 221 g/mol. The van der Waals surface area contributed by atoms with Gasteiger partial charge in [-0.2, -0.15) is 5.10 Å². The van der Waals surface area contributed by atoms with Crippen molar-refractivity contribution in [2.24, 2.45) is 0 Å². The third-order valence-electron chi connectivity index (χ3n) is 3.11. The quantitative estimate of drug-likeness (QED) is 0.836. The largest absolute Gasteiger partial charge is 0.353 e. The number of nitrogens with zero attached hydrogens (tertiary/aromatic N) is 2. The Morgan fingerprint density at radius 3 is 2.75 bits per heavy atom. The maximum Gasteiger partial charge on any atom is 0.230 e. The molecule has 1 heterocycles. The molecule has 1 amide bonds. The van der Waals surface area contributed by atoms with E-state index in [0.29, 0.717) is 0 Å². The molecule has 0 radical (unpaired) electrons. The summed E-state index contributed by atoms with van der Waals surface area (Å²) in [5.74, 6) is 0.151. The third kappa shape index (κ3) is 1.84. The van der Waals surface area contributed by atoms with Crippen molar-refractivity contribution in [1.82, 2.24) is 15.1 Å². The standard InChI is InChI=1S/C12H19N3O/c1-4-15-8-10(7-13-15)12(5-6-12)11(16)14-9(2)3/h7-9H,4-6H2,1-3H3,(H,14,16). The molecule has 88 valence electrons. The van der Waals surface area contributed by atoms with E-state index in [1.54, 1.807) is 0 Å². The van der Waals surface area contributed by atoms with Crippen LogP contribution in [-0.2, 0) is 16.8 Å². The van der Waals surface area contributed by atoms with E-state index in [9.17, 15) is 4.79 Å². The molecular formula is C12H19N3O. The zero-order valence-electron chi connectivity index (χ0n) is 10.2. The molecule has 0 aromatic carbocycles. The minimum atomic E-state index is -0.280. The van der Waals surface area contributed by atoms with Gasteiger partial charge in [-0.05, 0) is 33.6 Å². The number of aromatic nitrogens is 2. The van der Waals surface area contributed by atoms with Gasteiger partial charge in [0.2, 0.25) is 5.91 Å². The van der Waals surface area contributed by atoms with Gasteiger partial charge in [-0.1, -0.05) is 0 Å². The molecule has 0 bridgehead atoms. The van der Waals surface area contributed by atoms with Crippen molar-refractivity contribution in [1.29, 1.82) is 0 Å². The maximum atomic E-state index is 12.1. The normalized spacial score (nSPS) is 17.5. The lowest BCUT2D eigenvalue weighted by Gasteiger charge is -2.15. The number of amides is 1. The zero-order chi connectivity index (χ0) is 11.8. The van der Waals surface area contributed by atoms with Crippen LogP contribution in [0, 0.1) is 0 Å². The summed E-state index contributed by atoms with van der Waals surface area (Å²) in [6.45, 7) is 6.87. The second-order valence-electron chi connectivity index (χ2n) is 4.79. The summed E-state index contributed by atoms with van der Waals surface area (Å²) in [7, 11) is 0. The summed E-state index contributed by atoms with van der Waals surface area (Å²) >= 11 is 0. The topological polar surface area (TPSA) is 46.9 Å². The molecule has 0 unspecified atom stereocenters. The Hall–Kier alpha value is -1.32. The van der Waals surface area contributed by atoms with E-state index in [4.69, 9.17) is 0 Å². The number of hydrogen-bond acceptors (Lipinski definition) is 2. The summed E-state index contributed by atoms with van der Waals surface area (Å²) in [4.78, 5) is 12.1. The van der Waals surface area contributed by atoms with Crippen LogP contribution >= 0.6 is 0 Å². The molecule has 1 fully saturated rings. The fourth-order valence-electron chi connectivity index (χ4n) is 1.96. The molecule has 1 N–H and O–H groups in total. The molecule has 1 aliphatic carbocycles. The zero-order valence-corrected chi connectivity index (χ0v) is 10.2. The molecule has 1 saturated carbocycles. The molecule has 16 heavy (non-hydrogen) atoms.